The van der Waals surface area contributed by atoms with Gasteiger partial charge >= 0.3 is 6.09 Å². The Kier molecular flexibility index (Phi) is 7.25. The van der Waals surface area contributed by atoms with Crippen molar-refractivity contribution in [3.05, 3.63) is 65.2 Å². The summed E-state index contributed by atoms with van der Waals surface area (Å²) in [5, 5.41) is 2.86. The van der Waals surface area contributed by atoms with E-state index in [0.29, 0.717) is 5.92 Å². The second-order valence-corrected chi connectivity index (χ2v) is 9.10. The maximum atomic E-state index is 12.1. The van der Waals surface area contributed by atoms with Gasteiger partial charge in [-0.05, 0) is 101 Å². The van der Waals surface area contributed by atoms with Gasteiger partial charge in [0.1, 0.15) is 6.61 Å². The number of aryl methyl sites for hydroxylation is 1. The first-order chi connectivity index (χ1) is 15.1. The lowest BCUT2D eigenvalue weighted by Gasteiger charge is -2.41. The van der Waals surface area contributed by atoms with Gasteiger partial charge in [-0.15, -0.1) is 0 Å². The van der Waals surface area contributed by atoms with Crippen molar-refractivity contribution in [1.82, 2.24) is 9.80 Å². The third-order valence-corrected chi connectivity index (χ3v) is 6.90. The largest absolute Gasteiger partial charge is 0.444 e. The molecule has 4 rings (SSSR count). The molecule has 0 unspecified atom stereocenters. The molecule has 2 aliphatic heterocycles. The first-order valence-electron chi connectivity index (χ1n) is 11.6. The van der Waals surface area contributed by atoms with Gasteiger partial charge in [0.2, 0.25) is 0 Å². The Morgan fingerprint density at radius 3 is 2.39 bits per heavy atom. The molecule has 166 valence electrons. The standard InChI is InChI=1S/C26H35N3O2/c1-20-18-23(27-26(30)31-19-21-6-4-3-5-7-21)8-9-25(20)22-10-16-29(17-11-22)24-12-14-28(2)15-13-24/h3-9,18,22,24H,10-17,19H2,1-2H3,(H,27,30). The third-order valence-electron chi connectivity index (χ3n) is 6.90. The zero-order valence-corrected chi connectivity index (χ0v) is 18.8. The van der Waals surface area contributed by atoms with Crippen LogP contribution in [-0.4, -0.2) is 55.2 Å². The summed E-state index contributed by atoms with van der Waals surface area (Å²) >= 11 is 0. The Labute approximate surface area is 186 Å². The fourth-order valence-electron chi connectivity index (χ4n) is 5.02. The molecule has 2 aromatic carbocycles. The van der Waals surface area contributed by atoms with Crippen molar-refractivity contribution in [2.75, 3.05) is 38.5 Å². The number of hydrogen-bond acceptors (Lipinski definition) is 4. The van der Waals surface area contributed by atoms with E-state index in [1.807, 2.05) is 36.4 Å². The number of carbonyl (C=O) groups excluding carboxylic acids is 1. The highest BCUT2D eigenvalue weighted by atomic mass is 16.5. The molecule has 0 aromatic heterocycles. The number of nitrogens with zero attached hydrogens (tertiary/aromatic N) is 2. The summed E-state index contributed by atoms with van der Waals surface area (Å²) in [4.78, 5) is 17.3. The molecule has 0 radical (unpaired) electrons. The quantitative estimate of drug-likeness (QED) is 0.736. The molecule has 2 aliphatic rings. The predicted molar refractivity (Wildman–Crippen MR) is 125 cm³/mol. The van der Waals surface area contributed by atoms with Crippen LogP contribution in [0.5, 0.6) is 0 Å². The van der Waals surface area contributed by atoms with E-state index in [9.17, 15) is 4.79 Å². The van der Waals surface area contributed by atoms with Gasteiger partial charge in [-0.2, -0.15) is 0 Å². The highest BCUT2D eigenvalue weighted by Gasteiger charge is 2.28. The van der Waals surface area contributed by atoms with Gasteiger partial charge in [0.15, 0.2) is 0 Å². The molecule has 1 N–H and O–H groups in total. The lowest BCUT2D eigenvalue weighted by Crippen LogP contribution is -2.46. The molecule has 1 amide bonds. The summed E-state index contributed by atoms with van der Waals surface area (Å²) in [6.07, 6.45) is 4.64. The lowest BCUT2D eigenvalue weighted by atomic mass is 9.85. The zero-order chi connectivity index (χ0) is 21.6. The fraction of sp³-hybridized carbons (Fsp3) is 0.500. The van der Waals surface area contributed by atoms with Crippen LogP contribution in [0.15, 0.2) is 48.5 Å². The van der Waals surface area contributed by atoms with E-state index in [1.165, 1.54) is 63.0 Å². The smallest absolute Gasteiger partial charge is 0.411 e. The summed E-state index contributed by atoms with van der Waals surface area (Å²) in [5.41, 5.74) is 4.45. The molecule has 2 saturated heterocycles. The van der Waals surface area contributed by atoms with Crippen LogP contribution in [-0.2, 0) is 11.3 Å². The minimum Gasteiger partial charge on any atom is -0.444 e. The summed E-state index contributed by atoms with van der Waals surface area (Å²) in [7, 11) is 2.23. The zero-order valence-electron chi connectivity index (χ0n) is 18.8. The minimum atomic E-state index is -0.414. The van der Waals surface area contributed by atoms with Gasteiger partial charge < -0.3 is 14.5 Å². The Balaban J connectivity index is 1.27. The molecule has 2 heterocycles. The molecule has 0 aliphatic carbocycles. The third kappa shape index (κ3) is 5.86. The average Bonchev–Trinajstić information content (AvgIpc) is 2.79. The number of amides is 1. The molecule has 0 bridgehead atoms. The first-order valence-corrected chi connectivity index (χ1v) is 11.6. The van der Waals surface area contributed by atoms with Crippen LogP contribution in [0.4, 0.5) is 10.5 Å². The van der Waals surface area contributed by atoms with E-state index >= 15 is 0 Å². The number of rotatable bonds is 5. The van der Waals surface area contributed by atoms with Gasteiger partial charge in [0.25, 0.3) is 0 Å². The Morgan fingerprint density at radius 1 is 1.00 bits per heavy atom. The van der Waals surface area contributed by atoms with Crippen molar-refractivity contribution < 1.29 is 9.53 Å². The van der Waals surface area contributed by atoms with E-state index in [0.717, 1.165) is 17.3 Å². The monoisotopic (exact) mass is 421 g/mol. The number of likely N-dealkylation sites (tertiary alicyclic amines) is 2. The van der Waals surface area contributed by atoms with Crippen molar-refractivity contribution in [2.45, 2.75) is 51.2 Å². The van der Waals surface area contributed by atoms with Crippen LogP contribution < -0.4 is 5.32 Å². The average molecular weight is 422 g/mol. The summed E-state index contributed by atoms with van der Waals surface area (Å²) in [5.74, 6) is 0.613. The predicted octanol–water partition coefficient (Wildman–Crippen LogP) is 5.02. The SMILES string of the molecule is Cc1cc(NC(=O)OCc2ccccc2)ccc1C1CCN(C2CCN(C)CC2)CC1. The summed E-state index contributed by atoms with van der Waals surface area (Å²) < 4.78 is 5.34. The topological polar surface area (TPSA) is 44.8 Å². The summed E-state index contributed by atoms with van der Waals surface area (Å²) in [6, 6.07) is 16.8. The molecule has 5 heteroatoms. The first kappa shape index (κ1) is 21.8. The van der Waals surface area contributed by atoms with Crippen LogP contribution >= 0.6 is 0 Å². The highest BCUT2D eigenvalue weighted by molar-refractivity contribution is 5.84. The Morgan fingerprint density at radius 2 is 1.71 bits per heavy atom. The number of benzene rings is 2. The molecular formula is C26H35N3O2. The van der Waals surface area contributed by atoms with Gasteiger partial charge in [-0.25, -0.2) is 4.79 Å². The normalized spacial score (nSPS) is 19.3. The molecule has 5 nitrogen and oxygen atoms in total. The second kappa shape index (κ2) is 10.3. The van der Waals surface area contributed by atoms with Gasteiger partial charge in [0.05, 0.1) is 0 Å². The molecule has 0 atom stereocenters. The molecule has 2 aromatic rings. The van der Waals surface area contributed by atoms with Crippen molar-refractivity contribution in [3.63, 3.8) is 0 Å². The summed E-state index contributed by atoms with van der Waals surface area (Å²) in [6.45, 7) is 7.28. The van der Waals surface area contributed by atoms with Gasteiger partial charge in [-0.1, -0.05) is 36.4 Å². The number of hydrogen-bond donors (Lipinski definition) is 1. The van der Waals surface area contributed by atoms with E-state index in [1.54, 1.807) is 0 Å². The van der Waals surface area contributed by atoms with Gasteiger partial charge in [0, 0.05) is 11.7 Å². The molecule has 0 spiro atoms. The number of nitrogens with one attached hydrogen (secondary N) is 1. The van der Waals surface area contributed by atoms with Crippen LogP contribution in [0.2, 0.25) is 0 Å². The Hall–Kier alpha value is -2.37. The maximum absolute atomic E-state index is 12.1. The maximum Gasteiger partial charge on any atom is 0.411 e. The Bertz CT molecular complexity index is 854. The molecular weight excluding hydrogens is 386 g/mol. The van der Waals surface area contributed by atoms with Crippen molar-refractivity contribution in [2.24, 2.45) is 0 Å². The van der Waals surface area contributed by atoms with Crippen LogP contribution in [0.1, 0.15) is 48.3 Å². The van der Waals surface area contributed by atoms with E-state index in [4.69, 9.17) is 4.74 Å². The van der Waals surface area contributed by atoms with Crippen LogP contribution in [0.3, 0.4) is 0 Å². The molecule has 0 saturated carbocycles. The fourth-order valence-corrected chi connectivity index (χ4v) is 5.02. The highest BCUT2D eigenvalue weighted by Crippen LogP contribution is 2.33. The van der Waals surface area contributed by atoms with Gasteiger partial charge in [-0.3, -0.25) is 5.32 Å². The number of ether oxygens (including phenoxy) is 1. The minimum absolute atomic E-state index is 0.277. The molecule has 31 heavy (non-hydrogen) atoms. The van der Waals surface area contributed by atoms with E-state index in [2.05, 4.69) is 41.2 Å². The van der Waals surface area contributed by atoms with E-state index < -0.39 is 6.09 Å². The van der Waals surface area contributed by atoms with Crippen molar-refractivity contribution in [1.29, 1.82) is 0 Å². The van der Waals surface area contributed by atoms with Crippen molar-refractivity contribution in [3.8, 4) is 0 Å². The number of piperidine rings is 2. The van der Waals surface area contributed by atoms with Crippen LogP contribution in [0, 0.1) is 6.92 Å². The number of anilines is 1. The number of carbonyl (C=O) groups is 1. The van der Waals surface area contributed by atoms with E-state index in [-0.39, 0.29) is 6.61 Å². The second-order valence-electron chi connectivity index (χ2n) is 9.10. The van der Waals surface area contributed by atoms with Crippen molar-refractivity contribution >= 4 is 11.8 Å². The lowest BCUT2D eigenvalue weighted by molar-refractivity contribution is 0.0966. The van der Waals surface area contributed by atoms with Crippen LogP contribution in [0.25, 0.3) is 0 Å². The molecule has 2 fully saturated rings.